The van der Waals surface area contributed by atoms with E-state index in [1.807, 2.05) is 24.3 Å². The van der Waals surface area contributed by atoms with Gasteiger partial charge in [-0.1, -0.05) is 30.4 Å². The zero-order valence-corrected chi connectivity index (χ0v) is 11.3. The Kier molecular flexibility index (Phi) is 4.82. The molecule has 0 radical (unpaired) electrons. The molecular weight excluding hydrogens is 277 g/mol. The van der Waals surface area contributed by atoms with Crippen molar-refractivity contribution in [3.8, 4) is 11.5 Å². The molecule has 1 aliphatic carbocycles. The van der Waals surface area contributed by atoms with Crippen molar-refractivity contribution in [1.29, 1.82) is 0 Å². The molecule has 0 saturated carbocycles. The quantitative estimate of drug-likeness (QED) is 0.659. The van der Waals surface area contributed by atoms with E-state index in [1.165, 1.54) is 31.4 Å². The van der Waals surface area contributed by atoms with Crippen molar-refractivity contribution >= 4 is 13.2 Å². The van der Waals surface area contributed by atoms with Crippen LogP contribution in [0.5, 0.6) is 11.5 Å². The molecule has 1 aliphatic rings. The fourth-order valence-corrected chi connectivity index (χ4v) is 1.80. The molecule has 3 nitrogen and oxygen atoms in total. The number of benzene rings is 1. The zero-order chi connectivity index (χ0) is 15.2. The largest absolute Gasteiger partial charge is 0.796 e. The molecule has 1 aromatic carbocycles. The van der Waals surface area contributed by atoms with Crippen LogP contribution in [0, 0.1) is 0 Å². The summed E-state index contributed by atoms with van der Waals surface area (Å²) in [5.74, 6) is 0.126. The number of rotatable bonds is 5. The van der Waals surface area contributed by atoms with E-state index in [-0.39, 0.29) is 17.1 Å². The van der Waals surface area contributed by atoms with Gasteiger partial charge in [0.15, 0.2) is 0 Å². The lowest BCUT2D eigenvalue weighted by Gasteiger charge is -2.11. The van der Waals surface area contributed by atoms with E-state index < -0.39 is 7.47 Å². The Morgan fingerprint density at radius 2 is 1.95 bits per heavy atom. The molecular formula is C15H13BF2O3. The standard InChI is InChI=1S/C15H13BF2O3/c1-20-12-7-9-15(21-16(17)18)13(10-12)14(19)8-6-11-4-2-3-5-11/h2-10,19H,1H3. The normalized spacial score (nSPS) is 13.5. The summed E-state index contributed by atoms with van der Waals surface area (Å²) in [6, 6.07) is 4.24. The molecule has 108 valence electrons. The van der Waals surface area contributed by atoms with Crippen LogP contribution < -0.4 is 9.39 Å². The average molecular weight is 290 g/mol. The number of hydrogen-bond acceptors (Lipinski definition) is 3. The highest BCUT2D eigenvalue weighted by molar-refractivity contribution is 6.35. The topological polar surface area (TPSA) is 38.7 Å². The summed E-state index contributed by atoms with van der Waals surface area (Å²) in [6.07, 6.45) is 10.5. The number of allylic oxidation sites excluding steroid dienone is 7. The minimum absolute atomic E-state index is 0.115. The molecule has 2 rings (SSSR count). The van der Waals surface area contributed by atoms with Gasteiger partial charge in [-0.3, -0.25) is 0 Å². The Labute approximate surface area is 121 Å². The molecule has 0 aliphatic heterocycles. The van der Waals surface area contributed by atoms with E-state index in [0.717, 1.165) is 5.57 Å². The molecule has 0 aromatic heterocycles. The van der Waals surface area contributed by atoms with Crippen molar-refractivity contribution in [2.45, 2.75) is 0 Å². The number of aliphatic hydroxyl groups excluding tert-OH is 1. The Balaban J connectivity index is 2.34. The minimum Gasteiger partial charge on any atom is -0.507 e. The second-order valence-corrected chi connectivity index (χ2v) is 4.18. The minimum atomic E-state index is -2.97. The molecule has 6 heteroatoms. The van der Waals surface area contributed by atoms with E-state index in [0.29, 0.717) is 5.75 Å². The summed E-state index contributed by atoms with van der Waals surface area (Å²) in [7, 11) is -1.52. The second kappa shape index (κ2) is 6.79. The summed E-state index contributed by atoms with van der Waals surface area (Å²) in [6.45, 7) is 0. The molecule has 0 unspecified atom stereocenters. The van der Waals surface area contributed by atoms with Crippen LogP contribution in [0.1, 0.15) is 5.56 Å². The Hall–Kier alpha value is -2.50. The van der Waals surface area contributed by atoms with Crippen LogP contribution >= 0.6 is 0 Å². The smallest absolute Gasteiger partial charge is 0.507 e. The second-order valence-electron chi connectivity index (χ2n) is 4.18. The van der Waals surface area contributed by atoms with Crippen LogP contribution in [0.3, 0.4) is 0 Å². The van der Waals surface area contributed by atoms with Gasteiger partial charge in [0.1, 0.15) is 17.3 Å². The highest BCUT2D eigenvalue weighted by atomic mass is 19.2. The number of ether oxygens (including phenoxy) is 1. The molecule has 1 N–H and O–H groups in total. The predicted molar refractivity (Wildman–Crippen MR) is 78.6 cm³/mol. The monoisotopic (exact) mass is 290 g/mol. The summed E-state index contributed by atoms with van der Waals surface area (Å²) < 4.78 is 34.2. The average Bonchev–Trinajstić information content (AvgIpc) is 2.98. The number of halogens is 2. The van der Waals surface area contributed by atoms with E-state index >= 15 is 0 Å². The van der Waals surface area contributed by atoms with Crippen LogP contribution in [-0.4, -0.2) is 19.7 Å². The van der Waals surface area contributed by atoms with Gasteiger partial charge in [0, 0.05) is 0 Å². The third kappa shape index (κ3) is 3.98. The molecule has 0 spiro atoms. The van der Waals surface area contributed by atoms with Gasteiger partial charge in [-0.2, -0.15) is 0 Å². The van der Waals surface area contributed by atoms with Gasteiger partial charge in [0.05, 0.1) is 12.7 Å². The van der Waals surface area contributed by atoms with Crippen molar-refractivity contribution in [3.63, 3.8) is 0 Å². The molecule has 0 atom stereocenters. The van der Waals surface area contributed by atoms with E-state index in [2.05, 4.69) is 4.65 Å². The molecule has 0 bridgehead atoms. The van der Waals surface area contributed by atoms with Crippen molar-refractivity contribution in [3.05, 3.63) is 65.8 Å². The first-order valence-electron chi connectivity index (χ1n) is 6.19. The summed E-state index contributed by atoms with van der Waals surface area (Å²) in [5.41, 5.74) is 1.03. The third-order valence-electron chi connectivity index (χ3n) is 2.80. The van der Waals surface area contributed by atoms with Crippen molar-refractivity contribution in [1.82, 2.24) is 0 Å². The number of aliphatic hydroxyl groups is 1. The molecule has 1 aromatic rings. The first-order valence-corrected chi connectivity index (χ1v) is 6.19. The first-order chi connectivity index (χ1) is 10.1. The highest BCUT2D eigenvalue weighted by Gasteiger charge is 2.21. The fraction of sp³-hybridized carbons (Fsp3) is 0.0667. The van der Waals surface area contributed by atoms with Gasteiger partial charge in [-0.05, 0) is 29.8 Å². The maximum atomic E-state index is 12.4. The van der Waals surface area contributed by atoms with Crippen molar-refractivity contribution in [2.75, 3.05) is 7.11 Å². The molecule has 0 fully saturated rings. The van der Waals surface area contributed by atoms with Crippen LogP contribution in [0.15, 0.2) is 60.2 Å². The van der Waals surface area contributed by atoms with E-state index in [1.54, 1.807) is 6.08 Å². The van der Waals surface area contributed by atoms with Crippen LogP contribution in [0.4, 0.5) is 8.63 Å². The van der Waals surface area contributed by atoms with Gasteiger partial charge in [0.2, 0.25) is 0 Å². The van der Waals surface area contributed by atoms with E-state index in [4.69, 9.17) is 4.74 Å². The molecule has 21 heavy (non-hydrogen) atoms. The van der Waals surface area contributed by atoms with Gasteiger partial charge < -0.3 is 14.5 Å². The SMILES string of the molecule is COc1ccc(OB(F)F)c(C(O)=CC=C2C=CC=C2)c1. The van der Waals surface area contributed by atoms with Crippen molar-refractivity contribution < 1.29 is 23.1 Å². The van der Waals surface area contributed by atoms with Crippen LogP contribution in [0.2, 0.25) is 0 Å². The Morgan fingerprint density at radius 3 is 2.57 bits per heavy atom. The predicted octanol–water partition coefficient (Wildman–Crippen LogP) is 3.95. The summed E-state index contributed by atoms with van der Waals surface area (Å²) in [4.78, 5) is 0. The third-order valence-corrected chi connectivity index (χ3v) is 2.80. The van der Waals surface area contributed by atoms with Crippen LogP contribution in [0.25, 0.3) is 5.76 Å². The maximum absolute atomic E-state index is 12.4. The van der Waals surface area contributed by atoms with Gasteiger partial charge in [0.25, 0.3) is 0 Å². The van der Waals surface area contributed by atoms with Crippen LogP contribution in [-0.2, 0) is 0 Å². The number of hydrogen-bond donors (Lipinski definition) is 1. The lowest BCUT2D eigenvalue weighted by atomic mass is 10.1. The van der Waals surface area contributed by atoms with Crippen molar-refractivity contribution in [2.24, 2.45) is 0 Å². The zero-order valence-electron chi connectivity index (χ0n) is 11.3. The lowest BCUT2D eigenvalue weighted by molar-refractivity contribution is 0.406. The molecule has 0 saturated heterocycles. The van der Waals surface area contributed by atoms with Gasteiger partial charge in [-0.15, -0.1) is 0 Å². The Bertz CT molecular complexity index is 620. The van der Waals surface area contributed by atoms with Gasteiger partial charge >= 0.3 is 7.47 Å². The fourth-order valence-electron chi connectivity index (χ4n) is 1.80. The van der Waals surface area contributed by atoms with Gasteiger partial charge in [-0.25, -0.2) is 8.63 Å². The summed E-state index contributed by atoms with van der Waals surface area (Å²) in [5, 5.41) is 10.1. The molecule has 0 heterocycles. The first kappa shape index (κ1) is 14.9. The summed E-state index contributed by atoms with van der Waals surface area (Å²) >= 11 is 0. The van der Waals surface area contributed by atoms with E-state index in [9.17, 15) is 13.7 Å². The number of methoxy groups -OCH3 is 1. The maximum Gasteiger partial charge on any atom is 0.796 e. The Morgan fingerprint density at radius 1 is 1.24 bits per heavy atom. The highest BCUT2D eigenvalue weighted by Crippen LogP contribution is 2.30. The molecule has 0 amide bonds. The lowest BCUT2D eigenvalue weighted by Crippen LogP contribution is -2.10.